The highest BCUT2D eigenvalue weighted by molar-refractivity contribution is 6.00. The molecule has 7 nitrogen and oxygen atoms in total. The molecule has 30 heavy (non-hydrogen) atoms. The number of benzene rings is 3. The molecule has 0 radical (unpaired) electrons. The molecule has 0 aliphatic rings. The first-order valence-corrected chi connectivity index (χ1v) is 9.30. The highest BCUT2D eigenvalue weighted by atomic mass is 16.5. The van der Waals surface area contributed by atoms with E-state index in [0.29, 0.717) is 17.0 Å². The predicted molar refractivity (Wildman–Crippen MR) is 114 cm³/mol. The minimum atomic E-state index is -0.281. The summed E-state index contributed by atoms with van der Waals surface area (Å²) < 4.78 is 10.5. The summed E-state index contributed by atoms with van der Waals surface area (Å²) in [5, 5.41) is 8.53. The number of ether oxygens (including phenoxy) is 2. The van der Waals surface area contributed by atoms with E-state index in [4.69, 9.17) is 9.47 Å². The van der Waals surface area contributed by atoms with Gasteiger partial charge >= 0.3 is 0 Å². The summed E-state index contributed by atoms with van der Waals surface area (Å²) >= 11 is 0. The van der Waals surface area contributed by atoms with E-state index in [2.05, 4.69) is 15.7 Å². The van der Waals surface area contributed by atoms with E-state index in [1.165, 1.54) is 4.79 Å². The summed E-state index contributed by atoms with van der Waals surface area (Å²) in [6.45, 7) is 0. The molecular formula is C23H20N4O3. The average molecular weight is 400 g/mol. The highest BCUT2D eigenvalue weighted by Crippen LogP contribution is 2.31. The van der Waals surface area contributed by atoms with Gasteiger partial charge in [0.1, 0.15) is 22.9 Å². The van der Waals surface area contributed by atoms with Gasteiger partial charge in [0, 0.05) is 16.7 Å². The summed E-state index contributed by atoms with van der Waals surface area (Å²) in [5.74, 6) is 1.20. The van der Waals surface area contributed by atoms with Gasteiger partial charge in [0.15, 0.2) is 0 Å². The lowest BCUT2D eigenvalue weighted by molar-refractivity contribution is 0.100. The molecular weight excluding hydrogens is 380 g/mol. The Morgan fingerprint density at radius 2 is 1.37 bits per heavy atom. The van der Waals surface area contributed by atoms with Gasteiger partial charge in [-0.15, -0.1) is 5.10 Å². The Hall–Kier alpha value is -4.13. The van der Waals surface area contributed by atoms with Crippen molar-refractivity contribution in [1.82, 2.24) is 15.1 Å². The van der Waals surface area contributed by atoms with E-state index < -0.39 is 0 Å². The Morgan fingerprint density at radius 3 is 1.93 bits per heavy atom. The van der Waals surface area contributed by atoms with Crippen LogP contribution in [0.2, 0.25) is 0 Å². The van der Waals surface area contributed by atoms with E-state index in [0.717, 1.165) is 22.6 Å². The number of nitrogens with zero attached hydrogens (tertiary/aromatic N) is 3. The van der Waals surface area contributed by atoms with Gasteiger partial charge < -0.3 is 9.47 Å². The van der Waals surface area contributed by atoms with Gasteiger partial charge in [-0.05, 0) is 65.9 Å². The van der Waals surface area contributed by atoms with Crippen LogP contribution in [0.1, 0.15) is 10.4 Å². The topological polar surface area (TPSA) is 78.3 Å². The zero-order valence-electron chi connectivity index (χ0n) is 16.6. The fourth-order valence-corrected chi connectivity index (χ4v) is 3.06. The van der Waals surface area contributed by atoms with Crippen LogP contribution in [0.3, 0.4) is 0 Å². The quantitative estimate of drug-likeness (QED) is 0.529. The van der Waals surface area contributed by atoms with Gasteiger partial charge in [0.05, 0.1) is 14.2 Å². The Kier molecular flexibility index (Phi) is 5.43. The molecule has 1 N–H and O–H groups in total. The second-order valence-electron chi connectivity index (χ2n) is 6.46. The van der Waals surface area contributed by atoms with Crippen molar-refractivity contribution in [3.8, 4) is 34.0 Å². The smallest absolute Gasteiger partial charge is 0.271 e. The monoisotopic (exact) mass is 400 g/mol. The van der Waals surface area contributed by atoms with Crippen LogP contribution in [0, 0.1) is 0 Å². The number of aromatic nitrogens is 3. The third-order valence-corrected chi connectivity index (χ3v) is 4.64. The van der Waals surface area contributed by atoms with Gasteiger partial charge in [-0.3, -0.25) is 4.79 Å². The van der Waals surface area contributed by atoms with Crippen molar-refractivity contribution in [1.29, 1.82) is 0 Å². The number of methoxy groups -OCH3 is 2. The maximum Gasteiger partial charge on any atom is 0.271 e. The number of hydrogen-bond donors (Lipinski definition) is 1. The molecule has 0 unspecified atom stereocenters. The molecule has 0 saturated carbocycles. The van der Waals surface area contributed by atoms with Crippen molar-refractivity contribution in [2.45, 2.75) is 0 Å². The molecule has 1 amide bonds. The zero-order valence-corrected chi connectivity index (χ0v) is 16.6. The largest absolute Gasteiger partial charge is 0.497 e. The summed E-state index contributed by atoms with van der Waals surface area (Å²) in [7, 11) is 3.23. The molecule has 150 valence electrons. The maximum absolute atomic E-state index is 12.7. The Labute approximate surface area is 173 Å². The van der Waals surface area contributed by atoms with Crippen LogP contribution >= 0.6 is 0 Å². The average Bonchev–Trinajstić information content (AvgIpc) is 3.23. The minimum absolute atomic E-state index is 0.281. The van der Waals surface area contributed by atoms with Crippen molar-refractivity contribution in [2.24, 2.45) is 0 Å². The second kappa shape index (κ2) is 8.48. The third-order valence-electron chi connectivity index (χ3n) is 4.64. The van der Waals surface area contributed by atoms with E-state index in [-0.39, 0.29) is 5.91 Å². The van der Waals surface area contributed by atoms with Crippen molar-refractivity contribution in [2.75, 3.05) is 19.6 Å². The van der Waals surface area contributed by atoms with Crippen LogP contribution in [0.15, 0.2) is 78.9 Å². The molecule has 3 aromatic carbocycles. The molecule has 0 spiro atoms. The van der Waals surface area contributed by atoms with E-state index in [1.807, 2.05) is 66.7 Å². The Bertz CT molecular complexity index is 1140. The number of rotatable bonds is 6. The summed E-state index contributed by atoms with van der Waals surface area (Å²) in [4.78, 5) is 14.1. The van der Waals surface area contributed by atoms with Gasteiger partial charge in [-0.2, -0.15) is 4.79 Å². The van der Waals surface area contributed by atoms with Gasteiger partial charge in [-0.25, -0.2) is 5.43 Å². The number of hydrogen-bond acceptors (Lipinski definition) is 5. The van der Waals surface area contributed by atoms with Crippen LogP contribution in [-0.2, 0) is 0 Å². The normalized spacial score (nSPS) is 10.5. The number of carbonyl (C=O) groups is 1. The van der Waals surface area contributed by atoms with Crippen LogP contribution < -0.4 is 14.9 Å². The van der Waals surface area contributed by atoms with E-state index in [9.17, 15) is 4.79 Å². The fourth-order valence-electron chi connectivity index (χ4n) is 3.06. The lowest BCUT2D eigenvalue weighted by Gasteiger charge is -2.11. The van der Waals surface area contributed by atoms with Crippen molar-refractivity contribution >= 4 is 5.91 Å². The van der Waals surface area contributed by atoms with Crippen LogP contribution in [0.5, 0.6) is 11.5 Å². The van der Waals surface area contributed by atoms with Gasteiger partial charge in [0.25, 0.3) is 5.91 Å². The van der Waals surface area contributed by atoms with Crippen molar-refractivity contribution in [3.05, 3.63) is 84.4 Å². The molecule has 0 saturated heterocycles. The van der Waals surface area contributed by atoms with E-state index >= 15 is 0 Å². The lowest BCUT2D eigenvalue weighted by Crippen LogP contribution is -2.24. The SMILES string of the molecule is COc1ccc(-c2nnn(NC(=O)c3ccccc3)c2-c2ccc(OC)cc2)cc1. The molecule has 0 bridgehead atoms. The Balaban J connectivity index is 1.77. The third kappa shape index (κ3) is 3.86. The number of amides is 1. The molecule has 4 aromatic rings. The molecule has 7 heteroatoms. The Morgan fingerprint density at radius 1 is 0.800 bits per heavy atom. The molecule has 0 aliphatic carbocycles. The molecule has 0 atom stereocenters. The number of carbonyl (C=O) groups excluding carboxylic acids is 1. The first kappa shape index (κ1) is 19.2. The molecule has 0 fully saturated rings. The first-order chi connectivity index (χ1) is 14.7. The maximum atomic E-state index is 12.7. The number of nitrogens with one attached hydrogen (secondary N) is 1. The molecule has 4 rings (SSSR count). The van der Waals surface area contributed by atoms with Crippen molar-refractivity contribution in [3.63, 3.8) is 0 Å². The summed E-state index contributed by atoms with van der Waals surface area (Å²) in [6.07, 6.45) is 0. The lowest BCUT2D eigenvalue weighted by atomic mass is 10.0. The predicted octanol–water partition coefficient (Wildman–Crippen LogP) is 4.01. The highest BCUT2D eigenvalue weighted by Gasteiger charge is 2.19. The fraction of sp³-hybridized carbons (Fsp3) is 0.0870. The van der Waals surface area contributed by atoms with Gasteiger partial charge in [-0.1, -0.05) is 18.2 Å². The molecule has 1 heterocycles. The van der Waals surface area contributed by atoms with Crippen molar-refractivity contribution < 1.29 is 14.3 Å². The molecule has 1 aromatic heterocycles. The van der Waals surface area contributed by atoms with Crippen LogP contribution in [-0.4, -0.2) is 35.2 Å². The van der Waals surface area contributed by atoms with E-state index in [1.54, 1.807) is 26.4 Å². The van der Waals surface area contributed by atoms with Crippen LogP contribution in [0.25, 0.3) is 22.5 Å². The first-order valence-electron chi connectivity index (χ1n) is 9.30. The standard InChI is InChI=1S/C23H20N4O3/c1-29-19-12-8-16(9-13-19)21-22(17-10-14-20(30-2)15-11-17)27(26-24-21)25-23(28)18-6-4-3-5-7-18/h3-15H,1-2H3,(H,25,28). The van der Waals surface area contributed by atoms with Gasteiger partial charge in [0.2, 0.25) is 0 Å². The second-order valence-corrected chi connectivity index (χ2v) is 6.46. The molecule has 0 aliphatic heterocycles. The zero-order chi connectivity index (χ0) is 20.9. The minimum Gasteiger partial charge on any atom is -0.497 e. The van der Waals surface area contributed by atoms with Crippen LogP contribution in [0.4, 0.5) is 0 Å². The summed E-state index contributed by atoms with van der Waals surface area (Å²) in [5.41, 5.74) is 6.32. The summed E-state index contributed by atoms with van der Waals surface area (Å²) in [6, 6.07) is 24.0.